The number of sulfonamides is 1. The van der Waals surface area contributed by atoms with Crippen LogP contribution in [0.15, 0.2) is 75.5 Å². The average Bonchev–Trinajstić information content (AvgIpc) is 3.53. The maximum atomic E-state index is 12.8. The Morgan fingerprint density at radius 3 is 2.40 bits per heavy atom. The molecule has 0 saturated heterocycles. The molecule has 0 atom stereocenters. The second-order valence-electron chi connectivity index (χ2n) is 7.42. The molecule has 2 heterocycles. The molecule has 4 aromatic rings. The van der Waals surface area contributed by atoms with Gasteiger partial charge in [0.1, 0.15) is 17.3 Å². The molecule has 2 aromatic carbocycles. The predicted molar refractivity (Wildman–Crippen MR) is 135 cm³/mol. The number of thiophene rings is 1. The topological polar surface area (TPSA) is 108 Å². The Balaban J connectivity index is 1.55. The van der Waals surface area contributed by atoms with E-state index in [-0.39, 0.29) is 16.5 Å². The minimum atomic E-state index is -3.87. The number of ketones is 1. The largest absolute Gasteiger partial charge is 0.496 e. The highest BCUT2D eigenvalue weighted by molar-refractivity contribution is 7.92. The van der Waals surface area contributed by atoms with E-state index in [4.69, 9.17) is 14.0 Å². The molecule has 1 N–H and O–H groups in total. The number of methoxy groups -OCH3 is 2. The summed E-state index contributed by atoms with van der Waals surface area (Å²) in [6, 6.07) is 14.7. The summed E-state index contributed by atoms with van der Waals surface area (Å²) in [4.78, 5) is 13.8. The van der Waals surface area contributed by atoms with Crippen LogP contribution in [0.1, 0.15) is 21.7 Å². The van der Waals surface area contributed by atoms with Crippen molar-refractivity contribution >= 4 is 39.0 Å². The van der Waals surface area contributed by atoms with Crippen LogP contribution in [0.4, 0.5) is 5.82 Å². The van der Waals surface area contributed by atoms with Crippen LogP contribution in [-0.4, -0.2) is 33.6 Å². The van der Waals surface area contributed by atoms with E-state index in [1.807, 2.05) is 23.6 Å². The molecule has 35 heavy (non-hydrogen) atoms. The van der Waals surface area contributed by atoms with Crippen molar-refractivity contribution in [2.24, 2.45) is 0 Å². The molecule has 10 heteroatoms. The first-order chi connectivity index (χ1) is 16.8. The molecule has 0 saturated carbocycles. The minimum absolute atomic E-state index is 0.00361. The zero-order valence-electron chi connectivity index (χ0n) is 19.1. The van der Waals surface area contributed by atoms with E-state index in [2.05, 4.69) is 9.88 Å². The number of allylic oxidation sites excluding steroid dienone is 1. The van der Waals surface area contributed by atoms with Crippen LogP contribution in [0.5, 0.6) is 11.5 Å². The highest BCUT2D eigenvalue weighted by Gasteiger charge is 2.17. The van der Waals surface area contributed by atoms with Gasteiger partial charge in [-0.15, -0.1) is 11.3 Å². The number of benzene rings is 2. The molecular formula is C25H22N2O6S2. The summed E-state index contributed by atoms with van der Waals surface area (Å²) >= 11 is 1.58. The number of anilines is 1. The van der Waals surface area contributed by atoms with Crippen molar-refractivity contribution in [3.05, 3.63) is 82.9 Å². The lowest BCUT2D eigenvalue weighted by molar-refractivity contribution is 0.104. The molecule has 0 aliphatic carbocycles. The van der Waals surface area contributed by atoms with Crippen LogP contribution < -0.4 is 14.2 Å². The molecule has 0 unspecified atom stereocenters. The Bertz CT molecular complexity index is 1470. The summed E-state index contributed by atoms with van der Waals surface area (Å²) in [6.45, 7) is 1.66. The van der Waals surface area contributed by atoms with Gasteiger partial charge in [-0.25, -0.2) is 8.42 Å². The average molecular weight is 511 g/mol. The van der Waals surface area contributed by atoms with Gasteiger partial charge >= 0.3 is 0 Å². The van der Waals surface area contributed by atoms with E-state index in [9.17, 15) is 13.2 Å². The molecule has 2 aromatic heterocycles. The fraction of sp³-hybridized carbons (Fsp3) is 0.120. The first kappa shape index (κ1) is 24.2. The fourth-order valence-corrected chi connectivity index (χ4v) is 5.08. The van der Waals surface area contributed by atoms with Gasteiger partial charge in [0, 0.05) is 33.7 Å². The third-order valence-corrected chi connectivity index (χ3v) is 7.34. The summed E-state index contributed by atoms with van der Waals surface area (Å²) < 4.78 is 43.3. The Labute approximate surface area is 206 Å². The predicted octanol–water partition coefficient (Wildman–Crippen LogP) is 5.43. The Morgan fingerprint density at radius 1 is 1.06 bits per heavy atom. The van der Waals surface area contributed by atoms with Crippen LogP contribution >= 0.6 is 11.3 Å². The zero-order chi connectivity index (χ0) is 25.0. The van der Waals surface area contributed by atoms with Crippen molar-refractivity contribution in [3.63, 3.8) is 0 Å². The zero-order valence-corrected chi connectivity index (χ0v) is 20.8. The van der Waals surface area contributed by atoms with Crippen LogP contribution in [0.25, 0.3) is 16.5 Å². The molecule has 180 valence electrons. The maximum absolute atomic E-state index is 12.8. The summed E-state index contributed by atoms with van der Waals surface area (Å²) in [6.07, 6.45) is 3.08. The number of hydrogen-bond acceptors (Lipinski definition) is 8. The number of carbonyl (C=O) groups is 1. The smallest absolute Gasteiger partial charge is 0.263 e. The number of carbonyl (C=O) groups excluding carboxylic acids is 1. The normalized spacial score (nSPS) is 11.5. The van der Waals surface area contributed by atoms with E-state index in [1.165, 1.54) is 36.4 Å². The first-order valence-electron chi connectivity index (χ1n) is 10.4. The van der Waals surface area contributed by atoms with Gasteiger partial charge in [0.2, 0.25) is 0 Å². The van der Waals surface area contributed by atoms with E-state index in [1.54, 1.807) is 44.6 Å². The summed E-state index contributed by atoms with van der Waals surface area (Å²) in [7, 11) is -0.727. The Morgan fingerprint density at radius 2 is 1.80 bits per heavy atom. The number of nitrogens with one attached hydrogen (secondary N) is 1. The molecule has 0 spiro atoms. The van der Waals surface area contributed by atoms with Crippen LogP contribution in [0, 0.1) is 6.92 Å². The van der Waals surface area contributed by atoms with Gasteiger partial charge in [-0.1, -0.05) is 11.2 Å². The van der Waals surface area contributed by atoms with Crippen molar-refractivity contribution < 1.29 is 27.2 Å². The molecule has 0 radical (unpaired) electrons. The number of nitrogens with zero attached hydrogens (tertiary/aromatic N) is 1. The van der Waals surface area contributed by atoms with Gasteiger partial charge in [0.25, 0.3) is 10.0 Å². The van der Waals surface area contributed by atoms with E-state index in [0.717, 1.165) is 10.4 Å². The van der Waals surface area contributed by atoms with Crippen molar-refractivity contribution in [1.29, 1.82) is 0 Å². The van der Waals surface area contributed by atoms with E-state index >= 15 is 0 Å². The lowest BCUT2D eigenvalue weighted by atomic mass is 10.0. The Hall–Kier alpha value is -3.89. The van der Waals surface area contributed by atoms with E-state index in [0.29, 0.717) is 28.4 Å². The summed E-state index contributed by atoms with van der Waals surface area (Å²) in [5.41, 5.74) is 1.93. The summed E-state index contributed by atoms with van der Waals surface area (Å²) in [5.74, 6) is 1.50. The van der Waals surface area contributed by atoms with Crippen molar-refractivity contribution in [2.45, 2.75) is 11.8 Å². The number of aromatic nitrogens is 1. The van der Waals surface area contributed by atoms with Gasteiger partial charge in [-0.3, -0.25) is 9.52 Å². The molecule has 0 amide bonds. The monoisotopic (exact) mass is 510 g/mol. The second-order valence-corrected chi connectivity index (χ2v) is 10.1. The number of aryl methyl sites for hydroxylation is 1. The highest BCUT2D eigenvalue weighted by atomic mass is 32.2. The lowest BCUT2D eigenvalue weighted by Crippen LogP contribution is -2.13. The van der Waals surface area contributed by atoms with Crippen LogP contribution in [0.2, 0.25) is 0 Å². The molecular weight excluding hydrogens is 488 g/mol. The van der Waals surface area contributed by atoms with Gasteiger partial charge in [0.15, 0.2) is 11.6 Å². The van der Waals surface area contributed by atoms with Crippen molar-refractivity contribution in [3.8, 4) is 21.9 Å². The molecule has 0 fully saturated rings. The van der Waals surface area contributed by atoms with Crippen molar-refractivity contribution in [2.75, 3.05) is 18.9 Å². The SMILES string of the molecule is COc1cc(OC)c(-c2cccs2)cc1/C=C/C(=O)c1ccc(S(=O)(=O)Nc2cc(C)on2)cc1. The number of rotatable bonds is 9. The first-order valence-corrected chi connectivity index (χ1v) is 12.8. The maximum Gasteiger partial charge on any atom is 0.263 e. The molecule has 8 nitrogen and oxygen atoms in total. The molecule has 4 rings (SSSR count). The third kappa shape index (κ3) is 5.44. The van der Waals surface area contributed by atoms with Gasteiger partial charge in [-0.2, -0.15) is 0 Å². The second kappa shape index (κ2) is 10.2. The van der Waals surface area contributed by atoms with Crippen LogP contribution in [-0.2, 0) is 10.0 Å². The van der Waals surface area contributed by atoms with Gasteiger partial charge < -0.3 is 14.0 Å². The number of hydrogen-bond donors (Lipinski definition) is 1. The molecule has 0 bridgehead atoms. The van der Waals surface area contributed by atoms with Gasteiger partial charge in [-0.05, 0) is 60.9 Å². The van der Waals surface area contributed by atoms with Gasteiger partial charge in [0.05, 0.1) is 19.1 Å². The standard InChI is InChI=1S/C25H22N2O6S2/c1-16-13-25(26-33-16)27-35(29,30)19-9-6-17(7-10-19)21(28)11-8-18-14-20(24-5-4-12-34-24)23(32-3)15-22(18)31-2/h4-15H,1-3H3,(H,26,27)/b11-8+. The van der Waals surface area contributed by atoms with Crippen molar-refractivity contribution in [1.82, 2.24) is 5.16 Å². The number of ether oxygens (including phenoxy) is 2. The molecule has 0 aliphatic heterocycles. The van der Waals surface area contributed by atoms with Crippen LogP contribution in [0.3, 0.4) is 0 Å². The molecule has 0 aliphatic rings. The van der Waals surface area contributed by atoms with E-state index < -0.39 is 10.0 Å². The quantitative estimate of drug-likeness (QED) is 0.236. The Kier molecular flexibility index (Phi) is 7.04. The fourth-order valence-electron chi connectivity index (χ4n) is 3.35. The lowest BCUT2D eigenvalue weighted by Gasteiger charge is -2.12. The summed E-state index contributed by atoms with van der Waals surface area (Å²) in [5, 5.41) is 5.60. The third-order valence-electron chi connectivity index (χ3n) is 5.07. The highest BCUT2D eigenvalue weighted by Crippen LogP contribution is 2.38. The minimum Gasteiger partial charge on any atom is -0.496 e.